The molecule has 0 bridgehead atoms. The minimum atomic E-state index is -0.401. The number of nitrogens with two attached hydrogens (primary N) is 1. The van der Waals surface area contributed by atoms with Crippen LogP contribution in [0, 0.1) is 0 Å². The number of methoxy groups -OCH3 is 1. The first-order valence-corrected chi connectivity index (χ1v) is 8.71. The number of aryl methyl sites for hydroxylation is 1. The number of carbonyl (C=O) groups is 2. The van der Waals surface area contributed by atoms with E-state index in [-0.39, 0.29) is 12.5 Å². The Kier molecular flexibility index (Phi) is 3.99. The number of nitrogens with one attached hydrogen (secondary N) is 1. The summed E-state index contributed by atoms with van der Waals surface area (Å²) in [5, 5.41) is 3.25. The van der Waals surface area contributed by atoms with E-state index in [0.717, 1.165) is 34.5 Å². The Balaban J connectivity index is 1.79. The zero-order valence-electron chi connectivity index (χ0n) is 15.2. The zero-order chi connectivity index (χ0) is 19.1. The number of nitrogens with zero attached hydrogens (tertiary/aromatic N) is 2. The zero-order valence-corrected chi connectivity index (χ0v) is 15.2. The first kappa shape index (κ1) is 17.0. The molecule has 1 fully saturated rings. The minimum absolute atomic E-state index is 0.0370. The molecule has 0 radical (unpaired) electrons. The van der Waals surface area contributed by atoms with Crippen LogP contribution in [0.3, 0.4) is 0 Å². The third-order valence-electron chi connectivity index (χ3n) is 4.87. The van der Waals surface area contributed by atoms with Crippen molar-refractivity contribution in [1.29, 1.82) is 0 Å². The molecule has 1 aliphatic rings. The summed E-state index contributed by atoms with van der Waals surface area (Å²) < 4.78 is 7.49. The van der Waals surface area contributed by atoms with Gasteiger partial charge in [0.2, 0.25) is 5.91 Å². The molecule has 3 aromatic rings. The van der Waals surface area contributed by atoms with E-state index in [1.807, 2.05) is 42.5 Å². The van der Waals surface area contributed by atoms with E-state index >= 15 is 0 Å². The van der Waals surface area contributed by atoms with Gasteiger partial charge in [-0.3, -0.25) is 15.0 Å². The summed E-state index contributed by atoms with van der Waals surface area (Å²) in [5.41, 5.74) is 10.7. The fourth-order valence-electron chi connectivity index (χ4n) is 3.57. The van der Waals surface area contributed by atoms with Gasteiger partial charge in [-0.15, -0.1) is 0 Å². The van der Waals surface area contributed by atoms with Gasteiger partial charge in [0.05, 0.1) is 24.0 Å². The van der Waals surface area contributed by atoms with Crippen molar-refractivity contribution in [2.45, 2.75) is 13.5 Å². The number of hydrogen-bond donors (Lipinski definition) is 2. The van der Waals surface area contributed by atoms with Crippen molar-refractivity contribution < 1.29 is 14.3 Å². The van der Waals surface area contributed by atoms with Crippen molar-refractivity contribution in [1.82, 2.24) is 9.88 Å². The average molecular weight is 364 g/mol. The molecule has 0 spiro atoms. The highest BCUT2D eigenvalue weighted by Gasteiger charge is 2.28. The van der Waals surface area contributed by atoms with E-state index in [2.05, 4.69) is 16.8 Å². The van der Waals surface area contributed by atoms with Crippen LogP contribution < -0.4 is 20.7 Å². The highest BCUT2D eigenvalue weighted by Crippen LogP contribution is 2.38. The third-order valence-corrected chi connectivity index (χ3v) is 4.87. The quantitative estimate of drug-likeness (QED) is 0.697. The predicted octanol–water partition coefficient (Wildman–Crippen LogP) is 2.98. The molecule has 7 nitrogen and oxygen atoms in total. The second kappa shape index (κ2) is 6.35. The van der Waals surface area contributed by atoms with Crippen molar-refractivity contribution in [3.63, 3.8) is 0 Å². The number of rotatable bonds is 4. The minimum Gasteiger partial charge on any atom is -0.497 e. The van der Waals surface area contributed by atoms with Crippen molar-refractivity contribution >= 4 is 34.2 Å². The van der Waals surface area contributed by atoms with Gasteiger partial charge in [0, 0.05) is 29.2 Å². The molecule has 138 valence electrons. The molecular formula is C20H20N4O3. The number of nitrogen functional groups attached to an aromatic ring is 1. The first-order valence-electron chi connectivity index (χ1n) is 8.71. The summed E-state index contributed by atoms with van der Waals surface area (Å²) in [6.45, 7) is 2.85. The van der Waals surface area contributed by atoms with Crippen LogP contribution in [-0.2, 0) is 11.3 Å². The van der Waals surface area contributed by atoms with Crippen molar-refractivity contribution in [2.75, 3.05) is 24.3 Å². The van der Waals surface area contributed by atoms with E-state index in [1.54, 1.807) is 7.11 Å². The fraction of sp³-hybridized carbons (Fsp3) is 0.200. The normalized spacial score (nSPS) is 14.1. The molecule has 2 aromatic carbocycles. The molecule has 1 aromatic heterocycles. The van der Waals surface area contributed by atoms with Crippen LogP contribution in [0.1, 0.15) is 6.92 Å². The van der Waals surface area contributed by atoms with Crippen LogP contribution in [0.5, 0.6) is 5.75 Å². The lowest BCUT2D eigenvalue weighted by molar-refractivity contribution is -0.117. The number of fused-ring (bicyclic) bond motifs is 1. The Labute approximate surface area is 156 Å². The Hall–Kier alpha value is -3.48. The molecule has 0 saturated carbocycles. The monoisotopic (exact) mass is 364 g/mol. The van der Waals surface area contributed by atoms with Crippen LogP contribution in [0.25, 0.3) is 22.2 Å². The Morgan fingerprint density at radius 2 is 1.89 bits per heavy atom. The Morgan fingerprint density at radius 3 is 2.48 bits per heavy atom. The number of ether oxygens (including phenoxy) is 1. The van der Waals surface area contributed by atoms with E-state index in [9.17, 15) is 9.59 Å². The van der Waals surface area contributed by atoms with Gasteiger partial charge in [-0.25, -0.2) is 4.79 Å². The number of anilines is 2. The lowest BCUT2D eigenvalue weighted by Gasteiger charge is -2.14. The standard InChI is InChI=1S/C20H20N4O3/c1-3-23-16-10-14(27-2)8-9-15(16)18(21)19(23)12-4-6-13(7-5-12)24-11-17(25)22-20(24)26/h4-10H,3,11,21H2,1-2H3,(H,22,25,26). The van der Waals surface area contributed by atoms with Crippen LogP contribution in [0.2, 0.25) is 0 Å². The van der Waals surface area contributed by atoms with Crippen LogP contribution >= 0.6 is 0 Å². The maximum Gasteiger partial charge on any atom is 0.329 e. The number of aromatic nitrogens is 1. The first-order chi connectivity index (χ1) is 13.0. The van der Waals surface area contributed by atoms with Crippen LogP contribution in [-0.4, -0.2) is 30.2 Å². The van der Waals surface area contributed by atoms with Crippen molar-refractivity contribution in [3.8, 4) is 17.0 Å². The van der Waals surface area contributed by atoms with Crippen LogP contribution in [0.4, 0.5) is 16.2 Å². The van der Waals surface area contributed by atoms with E-state index in [4.69, 9.17) is 10.5 Å². The molecule has 3 amide bonds. The smallest absolute Gasteiger partial charge is 0.329 e. The van der Waals surface area contributed by atoms with E-state index < -0.39 is 6.03 Å². The number of amides is 3. The molecule has 2 heterocycles. The molecule has 1 saturated heterocycles. The molecule has 0 unspecified atom stereocenters. The van der Waals surface area contributed by atoms with Gasteiger partial charge in [0.1, 0.15) is 12.3 Å². The van der Waals surface area contributed by atoms with E-state index in [1.165, 1.54) is 4.90 Å². The summed E-state index contributed by atoms with van der Waals surface area (Å²) in [6.07, 6.45) is 0. The largest absolute Gasteiger partial charge is 0.497 e. The highest BCUT2D eigenvalue weighted by atomic mass is 16.5. The molecule has 0 aliphatic carbocycles. The average Bonchev–Trinajstić information content (AvgIpc) is 3.17. The predicted molar refractivity (Wildman–Crippen MR) is 105 cm³/mol. The lowest BCUT2D eigenvalue weighted by atomic mass is 10.1. The molecule has 27 heavy (non-hydrogen) atoms. The van der Waals surface area contributed by atoms with E-state index in [0.29, 0.717) is 11.4 Å². The lowest BCUT2D eigenvalue weighted by Crippen LogP contribution is -2.27. The van der Waals surface area contributed by atoms with Crippen LogP contribution in [0.15, 0.2) is 42.5 Å². The Morgan fingerprint density at radius 1 is 1.15 bits per heavy atom. The van der Waals surface area contributed by atoms with Crippen molar-refractivity contribution in [2.24, 2.45) is 0 Å². The summed E-state index contributed by atoms with van der Waals surface area (Å²) in [6, 6.07) is 12.9. The number of hydrogen-bond acceptors (Lipinski definition) is 4. The maximum absolute atomic E-state index is 11.8. The summed E-state index contributed by atoms with van der Waals surface area (Å²) >= 11 is 0. The van der Waals surface area contributed by atoms with Gasteiger partial charge >= 0.3 is 6.03 Å². The second-order valence-corrected chi connectivity index (χ2v) is 6.38. The molecule has 0 atom stereocenters. The molecule has 7 heteroatoms. The Bertz CT molecular complexity index is 1050. The molecule has 3 N–H and O–H groups in total. The van der Waals surface area contributed by atoms with Gasteiger partial charge in [-0.2, -0.15) is 0 Å². The number of imide groups is 1. The maximum atomic E-state index is 11.8. The third kappa shape index (κ3) is 2.68. The topological polar surface area (TPSA) is 89.6 Å². The van der Waals surface area contributed by atoms with Gasteiger partial charge in [0.25, 0.3) is 0 Å². The molecule has 1 aliphatic heterocycles. The van der Waals surface area contributed by atoms with Gasteiger partial charge < -0.3 is 15.0 Å². The summed E-state index contributed by atoms with van der Waals surface area (Å²) in [5.74, 6) is 0.481. The molecular weight excluding hydrogens is 344 g/mol. The highest BCUT2D eigenvalue weighted by molar-refractivity contribution is 6.12. The van der Waals surface area contributed by atoms with Crippen molar-refractivity contribution in [3.05, 3.63) is 42.5 Å². The number of carbonyl (C=O) groups excluding carboxylic acids is 2. The van der Waals surface area contributed by atoms with Gasteiger partial charge in [-0.1, -0.05) is 12.1 Å². The van der Waals surface area contributed by atoms with Gasteiger partial charge in [-0.05, 0) is 31.2 Å². The number of benzene rings is 2. The molecule has 4 rings (SSSR count). The second-order valence-electron chi connectivity index (χ2n) is 6.38. The SMILES string of the molecule is CCn1c(-c2ccc(N3CC(=O)NC3=O)cc2)c(N)c2ccc(OC)cc21. The number of urea groups is 1. The summed E-state index contributed by atoms with van der Waals surface area (Å²) in [4.78, 5) is 24.6. The van der Waals surface area contributed by atoms with Gasteiger partial charge in [0.15, 0.2) is 0 Å². The summed E-state index contributed by atoms with van der Waals surface area (Å²) in [7, 11) is 1.64. The fourth-order valence-corrected chi connectivity index (χ4v) is 3.57.